The zero-order valence-corrected chi connectivity index (χ0v) is 9.23. The highest BCUT2D eigenvalue weighted by Gasteiger charge is 1.99. The van der Waals surface area contributed by atoms with Gasteiger partial charge in [0.05, 0.1) is 11.9 Å². The summed E-state index contributed by atoms with van der Waals surface area (Å²) in [5, 5.41) is 4.14. The van der Waals surface area contributed by atoms with Gasteiger partial charge in [0.2, 0.25) is 0 Å². The van der Waals surface area contributed by atoms with Gasteiger partial charge in [-0.2, -0.15) is 5.10 Å². The second-order valence-corrected chi connectivity index (χ2v) is 3.56. The van der Waals surface area contributed by atoms with Crippen LogP contribution >= 0.6 is 11.6 Å². The van der Waals surface area contributed by atoms with Gasteiger partial charge in [0.15, 0.2) is 0 Å². The van der Waals surface area contributed by atoms with E-state index in [1.807, 2.05) is 18.3 Å². The fourth-order valence-corrected chi connectivity index (χ4v) is 1.45. The molecule has 0 fully saturated rings. The van der Waals surface area contributed by atoms with Gasteiger partial charge >= 0.3 is 0 Å². The smallest absolute Gasteiger partial charge is 0.125 e. The van der Waals surface area contributed by atoms with Gasteiger partial charge in [-0.05, 0) is 18.2 Å². The standard InChI is InChI=1S/C12H10ClFN2/c13-6-2-3-10-8-15-16(9-10)12-5-1-4-11(14)7-12/h1-5,7-9H,6H2. The topological polar surface area (TPSA) is 17.8 Å². The molecule has 2 rings (SSSR count). The van der Waals surface area contributed by atoms with Crippen LogP contribution in [-0.4, -0.2) is 15.7 Å². The third-order valence-corrected chi connectivity index (χ3v) is 2.25. The highest BCUT2D eigenvalue weighted by Crippen LogP contribution is 2.10. The number of rotatable bonds is 3. The molecule has 0 unspecified atom stereocenters. The zero-order chi connectivity index (χ0) is 11.4. The van der Waals surface area contributed by atoms with Crippen molar-refractivity contribution in [3.05, 3.63) is 54.1 Å². The summed E-state index contributed by atoms with van der Waals surface area (Å²) in [6.45, 7) is 0. The van der Waals surface area contributed by atoms with Gasteiger partial charge in [0, 0.05) is 17.6 Å². The van der Waals surface area contributed by atoms with Crippen LogP contribution in [0.5, 0.6) is 0 Å². The Bertz CT molecular complexity index is 505. The zero-order valence-electron chi connectivity index (χ0n) is 8.48. The van der Waals surface area contributed by atoms with Crippen molar-refractivity contribution >= 4 is 17.7 Å². The molecule has 1 heterocycles. The Hall–Kier alpha value is -1.61. The van der Waals surface area contributed by atoms with E-state index in [9.17, 15) is 4.39 Å². The van der Waals surface area contributed by atoms with Crippen LogP contribution in [0.25, 0.3) is 11.8 Å². The quantitative estimate of drug-likeness (QED) is 0.748. The average molecular weight is 237 g/mol. The minimum atomic E-state index is -0.272. The van der Waals surface area contributed by atoms with Crippen LogP contribution in [0.3, 0.4) is 0 Å². The molecule has 0 aliphatic rings. The molecule has 0 saturated heterocycles. The van der Waals surface area contributed by atoms with Gasteiger partial charge in [-0.25, -0.2) is 9.07 Å². The molecule has 16 heavy (non-hydrogen) atoms. The van der Waals surface area contributed by atoms with Crippen LogP contribution in [0.15, 0.2) is 42.7 Å². The predicted molar refractivity (Wildman–Crippen MR) is 63.3 cm³/mol. The first-order valence-corrected chi connectivity index (χ1v) is 5.36. The summed E-state index contributed by atoms with van der Waals surface area (Å²) < 4.78 is 14.6. The van der Waals surface area contributed by atoms with Crippen molar-refractivity contribution in [1.82, 2.24) is 9.78 Å². The lowest BCUT2D eigenvalue weighted by molar-refractivity contribution is 0.625. The second-order valence-electron chi connectivity index (χ2n) is 3.25. The van der Waals surface area contributed by atoms with Crippen molar-refractivity contribution in [3.8, 4) is 5.69 Å². The van der Waals surface area contributed by atoms with E-state index in [1.54, 1.807) is 23.0 Å². The van der Waals surface area contributed by atoms with Gasteiger partial charge in [-0.3, -0.25) is 0 Å². The Morgan fingerprint density at radius 2 is 2.31 bits per heavy atom. The van der Waals surface area contributed by atoms with E-state index < -0.39 is 0 Å². The SMILES string of the molecule is Fc1cccc(-n2cc(C=CCCl)cn2)c1. The number of nitrogens with zero attached hydrogens (tertiary/aromatic N) is 2. The molecule has 4 heteroatoms. The van der Waals surface area contributed by atoms with Gasteiger partial charge in [0.25, 0.3) is 0 Å². The molecule has 0 atom stereocenters. The van der Waals surface area contributed by atoms with Crippen molar-refractivity contribution < 1.29 is 4.39 Å². The Kier molecular flexibility index (Phi) is 3.37. The molecule has 2 aromatic rings. The molecule has 0 N–H and O–H groups in total. The number of hydrogen-bond acceptors (Lipinski definition) is 1. The lowest BCUT2D eigenvalue weighted by Crippen LogP contribution is -1.93. The maximum atomic E-state index is 13.0. The van der Waals surface area contributed by atoms with Crippen LogP contribution in [-0.2, 0) is 0 Å². The first-order valence-electron chi connectivity index (χ1n) is 4.83. The van der Waals surface area contributed by atoms with Crippen molar-refractivity contribution in [2.24, 2.45) is 0 Å². The van der Waals surface area contributed by atoms with Gasteiger partial charge in [-0.15, -0.1) is 11.6 Å². The largest absolute Gasteiger partial charge is 0.240 e. The molecule has 0 aliphatic heterocycles. The summed E-state index contributed by atoms with van der Waals surface area (Å²) in [6, 6.07) is 6.29. The molecule has 82 valence electrons. The Labute approximate surface area is 98.0 Å². The first kappa shape index (κ1) is 10.9. The molecule has 0 bridgehead atoms. The molecule has 2 nitrogen and oxygen atoms in total. The summed E-state index contributed by atoms with van der Waals surface area (Å²) in [7, 11) is 0. The molecule has 0 radical (unpaired) electrons. The van der Waals surface area contributed by atoms with E-state index in [0.29, 0.717) is 11.6 Å². The molecule has 0 spiro atoms. The number of allylic oxidation sites excluding steroid dienone is 1. The van der Waals surface area contributed by atoms with Crippen molar-refractivity contribution in [2.75, 3.05) is 5.88 Å². The third kappa shape index (κ3) is 2.49. The fourth-order valence-electron chi connectivity index (χ4n) is 1.36. The highest BCUT2D eigenvalue weighted by molar-refractivity contribution is 6.19. The van der Waals surface area contributed by atoms with Gasteiger partial charge in [-0.1, -0.05) is 18.2 Å². The number of aromatic nitrogens is 2. The molecule has 0 aliphatic carbocycles. The van der Waals surface area contributed by atoms with Crippen LogP contribution in [0.2, 0.25) is 0 Å². The molecule has 1 aromatic carbocycles. The van der Waals surface area contributed by atoms with Gasteiger partial charge < -0.3 is 0 Å². The predicted octanol–water partition coefficient (Wildman–Crippen LogP) is 3.26. The molecule has 0 saturated carbocycles. The normalized spacial score (nSPS) is 11.1. The molecular formula is C12H10ClFN2. The Morgan fingerprint density at radius 3 is 3.06 bits per heavy atom. The van der Waals surface area contributed by atoms with Crippen molar-refractivity contribution in [3.63, 3.8) is 0 Å². The van der Waals surface area contributed by atoms with E-state index in [0.717, 1.165) is 5.56 Å². The Morgan fingerprint density at radius 1 is 1.44 bits per heavy atom. The maximum absolute atomic E-state index is 13.0. The minimum absolute atomic E-state index is 0.272. The van der Waals surface area contributed by atoms with E-state index >= 15 is 0 Å². The fraction of sp³-hybridized carbons (Fsp3) is 0.0833. The number of alkyl halides is 1. The van der Waals surface area contributed by atoms with Crippen molar-refractivity contribution in [2.45, 2.75) is 0 Å². The van der Waals surface area contributed by atoms with E-state index in [-0.39, 0.29) is 5.82 Å². The first-order chi connectivity index (χ1) is 7.79. The number of halogens is 2. The highest BCUT2D eigenvalue weighted by atomic mass is 35.5. The van der Waals surface area contributed by atoms with Crippen LogP contribution in [0.4, 0.5) is 4.39 Å². The second kappa shape index (κ2) is 4.94. The number of benzene rings is 1. The molecular weight excluding hydrogens is 227 g/mol. The van der Waals surface area contributed by atoms with Crippen LogP contribution < -0.4 is 0 Å². The molecule has 1 aromatic heterocycles. The van der Waals surface area contributed by atoms with E-state index in [1.165, 1.54) is 12.1 Å². The minimum Gasteiger partial charge on any atom is -0.240 e. The van der Waals surface area contributed by atoms with Crippen molar-refractivity contribution in [1.29, 1.82) is 0 Å². The lowest BCUT2D eigenvalue weighted by atomic mass is 10.3. The summed E-state index contributed by atoms with van der Waals surface area (Å²) >= 11 is 5.53. The van der Waals surface area contributed by atoms with Crippen LogP contribution in [0, 0.1) is 5.82 Å². The Balaban J connectivity index is 2.28. The molecule has 0 amide bonds. The lowest BCUT2D eigenvalue weighted by Gasteiger charge is -1.99. The maximum Gasteiger partial charge on any atom is 0.125 e. The summed E-state index contributed by atoms with van der Waals surface area (Å²) in [4.78, 5) is 0. The van der Waals surface area contributed by atoms with E-state index in [2.05, 4.69) is 5.10 Å². The monoisotopic (exact) mass is 236 g/mol. The van der Waals surface area contributed by atoms with Crippen LogP contribution in [0.1, 0.15) is 5.56 Å². The van der Waals surface area contributed by atoms with E-state index in [4.69, 9.17) is 11.6 Å². The summed E-state index contributed by atoms with van der Waals surface area (Å²) in [5.74, 6) is 0.191. The summed E-state index contributed by atoms with van der Waals surface area (Å²) in [5.41, 5.74) is 1.63. The average Bonchev–Trinajstić information content (AvgIpc) is 2.75. The summed E-state index contributed by atoms with van der Waals surface area (Å²) in [6.07, 6.45) is 7.22. The van der Waals surface area contributed by atoms with Gasteiger partial charge in [0.1, 0.15) is 5.82 Å². The number of hydrogen-bond donors (Lipinski definition) is 0. The third-order valence-electron chi connectivity index (χ3n) is 2.07.